The molecule has 0 atom stereocenters. The number of aromatic nitrogens is 2. The van der Waals surface area contributed by atoms with Gasteiger partial charge in [-0.05, 0) is 49.4 Å². The third-order valence-corrected chi connectivity index (χ3v) is 5.43. The number of hydrogen-bond acceptors (Lipinski definition) is 5. The van der Waals surface area contributed by atoms with E-state index in [1.54, 1.807) is 10.7 Å². The Bertz CT molecular complexity index is 996. The van der Waals surface area contributed by atoms with Crippen molar-refractivity contribution in [2.75, 3.05) is 31.2 Å². The molecule has 1 aromatic carbocycles. The first-order valence-electron chi connectivity index (χ1n) is 9.74. The minimum absolute atomic E-state index is 0.283. The first kappa shape index (κ1) is 18.3. The lowest BCUT2D eigenvalue weighted by Crippen LogP contribution is -2.34. The van der Waals surface area contributed by atoms with Gasteiger partial charge in [-0.15, -0.1) is 0 Å². The number of ether oxygens (including phenoxy) is 1. The van der Waals surface area contributed by atoms with Gasteiger partial charge in [0.1, 0.15) is 11.8 Å². The second-order valence-corrected chi connectivity index (χ2v) is 7.15. The minimum Gasteiger partial charge on any atom is -0.492 e. The van der Waals surface area contributed by atoms with Crippen LogP contribution in [0.4, 0.5) is 5.69 Å². The summed E-state index contributed by atoms with van der Waals surface area (Å²) in [6, 6.07) is 12.6. The van der Waals surface area contributed by atoms with Crippen molar-refractivity contribution in [2.24, 2.45) is 5.92 Å². The average molecular weight is 376 g/mol. The van der Waals surface area contributed by atoms with E-state index in [2.05, 4.69) is 40.3 Å². The highest BCUT2D eigenvalue weighted by molar-refractivity contribution is 5.85. The quantitative estimate of drug-likeness (QED) is 0.738. The zero-order chi connectivity index (χ0) is 19.5. The van der Waals surface area contributed by atoms with E-state index in [0.717, 1.165) is 48.3 Å². The summed E-state index contributed by atoms with van der Waals surface area (Å²) in [5, 5.41) is 23.1. The predicted octanol–water partition coefficient (Wildman–Crippen LogP) is 3.48. The SMILES string of the molecule is CCOc1cc(-c2ccc(N3CCC(CO)CC3)cc2)c2c(C#N)cnn2c1. The minimum atomic E-state index is 0.283. The number of pyridine rings is 1. The highest BCUT2D eigenvalue weighted by Gasteiger charge is 2.19. The molecule has 1 saturated heterocycles. The van der Waals surface area contributed by atoms with Crippen molar-refractivity contribution < 1.29 is 9.84 Å². The van der Waals surface area contributed by atoms with Crippen LogP contribution in [0.1, 0.15) is 25.3 Å². The molecular weight excluding hydrogens is 352 g/mol. The van der Waals surface area contributed by atoms with Crippen molar-refractivity contribution in [1.29, 1.82) is 5.26 Å². The van der Waals surface area contributed by atoms with E-state index in [-0.39, 0.29) is 6.61 Å². The highest BCUT2D eigenvalue weighted by Crippen LogP contribution is 2.32. The van der Waals surface area contributed by atoms with E-state index in [9.17, 15) is 10.4 Å². The first-order chi connectivity index (χ1) is 13.7. The number of aliphatic hydroxyl groups excluding tert-OH is 1. The van der Waals surface area contributed by atoms with E-state index in [1.807, 2.05) is 19.2 Å². The highest BCUT2D eigenvalue weighted by atomic mass is 16.5. The second kappa shape index (κ2) is 7.91. The number of nitrogens with zero attached hydrogens (tertiary/aromatic N) is 4. The van der Waals surface area contributed by atoms with Crippen LogP contribution in [0.5, 0.6) is 5.75 Å². The molecule has 0 saturated carbocycles. The molecule has 3 heterocycles. The maximum absolute atomic E-state index is 9.47. The van der Waals surface area contributed by atoms with Gasteiger partial charge in [0.15, 0.2) is 0 Å². The maximum Gasteiger partial charge on any atom is 0.138 e. The molecule has 144 valence electrons. The fraction of sp³-hybridized carbons (Fsp3) is 0.364. The number of anilines is 1. The molecule has 0 aliphatic carbocycles. The fourth-order valence-corrected chi connectivity index (χ4v) is 3.87. The van der Waals surface area contributed by atoms with Crippen LogP contribution in [0.15, 0.2) is 42.7 Å². The zero-order valence-electron chi connectivity index (χ0n) is 16.0. The molecule has 28 heavy (non-hydrogen) atoms. The maximum atomic E-state index is 9.47. The van der Waals surface area contributed by atoms with Crippen molar-refractivity contribution in [2.45, 2.75) is 19.8 Å². The summed E-state index contributed by atoms with van der Waals surface area (Å²) < 4.78 is 7.40. The number of piperidine rings is 1. The summed E-state index contributed by atoms with van der Waals surface area (Å²) in [6.45, 7) is 4.74. The van der Waals surface area contributed by atoms with Crippen LogP contribution in [0.25, 0.3) is 16.6 Å². The summed E-state index contributed by atoms with van der Waals surface area (Å²) in [5.41, 5.74) is 4.49. The molecule has 1 fully saturated rings. The summed E-state index contributed by atoms with van der Waals surface area (Å²) in [4.78, 5) is 2.36. The van der Waals surface area contributed by atoms with Gasteiger partial charge < -0.3 is 14.7 Å². The Labute approximate surface area is 164 Å². The van der Waals surface area contributed by atoms with Crippen LogP contribution >= 0.6 is 0 Å². The van der Waals surface area contributed by atoms with Crippen LogP contribution in [0.3, 0.4) is 0 Å². The molecule has 0 unspecified atom stereocenters. The average Bonchev–Trinajstić information content (AvgIpc) is 3.17. The van der Waals surface area contributed by atoms with Crippen LogP contribution < -0.4 is 9.64 Å². The molecule has 2 aromatic heterocycles. The molecule has 0 spiro atoms. The summed E-state index contributed by atoms with van der Waals surface area (Å²) in [5.74, 6) is 1.16. The van der Waals surface area contributed by atoms with Gasteiger partial charge in [-0.3, -0.25) is 0 Å². The van der Waals surface area contributed by atoms with E-state index in [4.69, 9.17) is 4.74 Å². The topological polar surface area (TPSA) is 73.8 Å². The number of rotatable bonds is 5. The molecule has 4 rings (SSSR count). The molecule has 0 amide bonds. The normalized spacial score (nSPS) is 15.0. The van der Waals surface area contributed by atoms with Crippen molar-refractivity contribution in [1.82, 2.24) is 9.61 Å². The Balaban J connectivity index is 1.68. The summed E-state index contributed by atoms with van der Waals surface area (Å²) in [6.07, 6.45) is 5.45. The van der Waals surface area contributed by atoms with Gasteiger partial charge in [-0.1, -0.05) is 12.1 Å². The molecule has 3 aromatic rings. The zero-order valence-corrected chi connectivity index (χ0v) is 16.0. The van der Waals surface area contributed by atoms with Gasteiger partial charge in [0.05, 0.1) is 30.1 Å². The van der Waals surface area contributed by atoms with Gasteiger partial charge in [0.25, 0.3) is 0 Å². The molecule has 1 N–H and O–H groups in total. The van der Waals surface area contributed by atoms with Crippen LogP contribution in [-0.4, -0.2) is 41.0 Å². The van der Waals surface area contributed by atoms with Gasteiger partial charge in [0, 0.05) is 30.9 Å². The summed E-state index contributed by atoms with van der Waals surface area (Å²) >= 11 is 0. The molecule has 1 aliphatic rings. The Morgan fingerprint density at radius 3 is 2.64 bits per heavy atom. The lowest BCUT2D eigenvalue weighted by molar-refractivity contribution is 0.203. The Hall–Kier alpha value is -3.04. The first-order valence-corrected chi connectivity index (χ1v) is 9.74. The van der Waals surface area contributed by atoms with Crippen molar-refractivity contribution >= 4 is 11.2 Å². The van der Waals surface area contributed by atoms with Crippen LogP contribution in [0.2, 0.25) is 0 Å². The standard InChI is InChI=1S/C22H24N4O2/c1-2-28-20-11-21(22-18(12-23)13-24-26(22)14-20)17-3-5-19(6-4-17)25-9-7-16(15-27)8-10-25/h3-6,11,13-14,16,27H,2,7-10,15H2,1H3. The van der Waals surface area contributed by atoms with Gasteiger partial charge in [-0.2, -0.15) is 10.4 Å². The number of fused-ring (bicyclic) bond motifs is 1. The monoisotopic (exact) mass is 376 g/mol. The van der Waals surface area contributed by atoms with Crippen LogP contribution in [-0.2, 0) is 0 Å². The number of benzene rings is 1. The van der Waals surface area contributed by atoms with E-state index < -0.39 is 0 Å². The predicted molar refractivity (Wildman–Crippen MR) is 109 cm³/mol. The number of nitriles is 1. The van der Waals surface area contributed by atoms with E-state index in [1.165, 1.54) is 5.69 Å². The lowest BCUT2D eigenvalue weighted by atomic mass is 9.97. The van der Waals surface area contributed by atoms with Crippen LogP contribution in [0, 0.1) is 17.2 Å². The van der Waals surface area contributed by atoms with Crippen molar-refractivity contribution in [3.63, 3.8) is 0 Å². The van der Waals surface area contributed by atoms with Gasteiger partial charge in [-0.25, -0.2) is 4.52 Å². The summed E-state index contributed by atoms with van der Waals surface area (Å²) in [7, 11) is 0. The third-order valence-electron chi connectivity index (χ3n) is 5.43. The molecule has 0 bridgehead atoms. The Morgan fingerprint density at radius 2 is 2.00 bits per heavy atom. The smallest absolute Gasteiger partial charge is 0.138 e. The van der Waals surface area contributed by atoms with Gasteiger partial charge in [0.2, 0.25) is 0 Å². The van der Waals surface area contributed by atoms with E-state index in [0.29, 0.717) is 18.1 Å². The lowest BCUT2D eigenvalue weighted by Gasteiger charge is -2.33. The largest absolute Gasteiger partial charge is 0.492 e. The second-order valence-electron chi connectivity index (χ2n) is 7.15. The van der Waals surface area contributed by atoms with Crippen molar-refractivity contribution in [3.05, 3.63) is 48.3 Å². The fourth-order valence-electron chi connectivity index (χ4n) is 3.87. The van der Waals surface area contributed by atoms with Gasteiger partial charge >= 0.3 is 0 Å². The number of aliphatic hydroxyl groups is 1. The van der Waals surface area contributed by atoms with E-state index >= 15 is 0 Å². The molecule has 6 nitrogen and oxygen atoms in total. The Morgan fingerprint density at radius 1 is 1.25 bits per heavy atom. The molecule has 1 aliphatic heterocycles. The molecule has 0 radical (unpaired) electrons. The molecule has 6 heteroatoms. The number of hydrogen-bond donors (Lipinski definition) is 1. The third kappa shape index (κ3) is 3.41. The molecular formula is C22H24N4O2. The Kier molecular flexibility index (Phi) is 5.18. The van der Waals surface area contributed by atoms with Crippen molar-refractivity contribution in [3.8, 4) is 22.9 Å².